The Kier molecular flexibility index (Phi) is 4.53. The number of nitrogens with zero attached hydrogens (tertiary/aromatic N) is 1. The minimum absolute atomic E-state index is 0.0650. The zero-order valence-corrected chi connectivity index (χ0v) is 11.7. The van der Waals surface area contributed by atoms with Crippen LogP contribution in [0.5, 0.6) is 5.75 Å². The molecule has 0 spiro atoms. The van der Waals surface area contributed by atoms with E-state index >= 15 is 0 Å². The van der Waals surface area contributed by atoms with E-state index in [0.717, 1.165) is 35.9 Å². The topological polar surface area (TPSA) is 29.5 Å². The summed E-state index contributed by atoms with van der Waals surface area (Å²) >= 11 is 1.91. The maximum Gasteiger partial charge on any atom is 0.267 e. The molecule has 0 saturated heterocycles. The molecule has 18 heavy (non-hydrogen) atoms. The average Bonchev–Trinajstić information content (AvgIpc) is 2.38. The third kappa shape index (κ3) is 2.80. The minimum atomic E-state index is -0.376. The van der Waals surface area contributed by atoms with Crippen LogP contribution in [0.25, 0.3) is 0 Å². The van der Waals surface area contributed by atoms with E-state index in [0.29, 0.717) is 0 Å². The molecule has 0 aromatic heterocycles. The second-order valence-corrected chi connectivity index (χ2v) is 5.66. The van der Waals surface area contributed by atoms with Gasteiger partial charge in [-0.1, -0.05) is 19.1 Å². The van der Waals surface area contributed by atoms with Crippen LogP contribution >= 0.6 is 11.8 Å². The molecular weight excluding hydrogens is 246 g/mol. The average molecular weight is 265 g/mol. The Bertz CT molecular complexity index is 422. The van der Waals surface area contributed by atoms with Crippen molar-refractivity contribution < 1.29 is 9.53 Å². The van der Waals surface area contributed by atoms with Crippen LogP contribution in [-0.4, -0.2) is 30.1 Å². The van der Waals surface area contributed by atoms with Gasteiger partial charge in [-0.2, -0.15) is 11.8 Å². The Labute approximate surface area is 113 Å². The summed E-state index contributed by atoms with van der Waals surface area (Å²) in [6.45, 7) is 4.74. The van der Waals surface area contributed by atoms with E-state index in [9.17, 15) is 4.79 Å². The third-order valence-corrected chi connectivity index (χ3v) is 3.93. The van der Waals surface area contributed by atoms with Crippen LogP contribution in [0, 0.1) is 0 Å². The Morgan fingerprint density at radius 2 is 2.17 bits per heavy atom. The molecule has 1 heterocycles. The van der Waals surface area contributed by atoms with Crippen LogP contribution in [0.15, 0.2) is 24.3 Å². The highest BCUT2D eigenvalue weighted by molar-refractivity contribution is 7.99. The van der Waals surface area contributed by atoms with Gasteiger partial charge in [0.1, 0.15) is 5.75 Å². The summed E-state index contributed by atoms with van der Waals surface area (Å²) in [5.41, 5.74) is 0.905. The van der Waals surface area contributed by atoms with E-state index in [1.807, 2.05) is 47.9 Å². The van der Waals surface area contributed by atoms with E-state index in [4.69, 9.17) is 4.74 Å². The summed E-state index contributed by atoms with van der Waals surface area (Å²) < 4.78 is 5.61. The van der Waals surface area contributed by atoms with Gasteiger partial charge in [0.15, 0.2) is 6.10 Å². The van der Waals surface area contributed by atoms with Gasteiger partial charge < -0.3 is 9.64 Å². The molecule has 2 rings (SSSR count). The van der Waals surface area contributed by atoms with Crippen molar-refractivity contribution >= 4 is 23.4 Å². The highest BCUT2D eigenvalue weighted by atomic mass is 32.2. The predicted octanol–water partition coefficient (Wildman–Crippen LogP) is 2.94. The Hall–Kier alpha value is -1.16. The third-order valence-electron chi connectivity index (χ3n) is 2.95. The van der Waals surface area contributed by atoms with Crippen LogP contribution in [0.4, 0.5) is 5.69 Å². The second kappa shape index (κ2) is 6.14. The van der Waals surface area contributed by atoms with E-state index in [1.54, 1.807) is 0 Å². The molecule has 3 nitrogen and oxygen atoms in total. The van der Waals surface area contributed by atoms with Crippen molar-refractivity contribution in [2.24, 2.45) is 0 Å². The smallest absolute Gasteiger partial charge is 0.267 e. The first kappa shape index (κ1) is 13.3. The summed E-state index contributed by atoms with van der Waals surface area (Å²) in [4.78, 5) is 14.0. The zero-order chi connectivity index (χ0) is 13.0. The molecule has 98 valence electrons. The molecule has 4 heteroatoms. The van der Waals surface area contributed by atoms with Crippen molar-refractivity contribution in [2.75, 3.05) is 23.0 Å². The second-order valence-electron chi connectivity index (χ2n) is 4.27. The van der Waals surface area contributed by atoms with E-state index in [2.05, 4.69) is 6.92 Å². The summed E-state index contributed by atoms with van der Waals surface area (Å²) in [5.74, 6) is 3.10. The highest BCUT2D eigenvalue weighted by Gasteiger charge is 2.30. The molecular formula is C14H19NO2S. The Balaban J connectivity index is 2.09. The SMILES string of the molecule is CCSCCCN1C(=O)C(C)Oc2ccccc21. The number of para-hydroxylation sites is 2. The molecule has 1 amide bonds. The predicted molar refractivity (Wildman–Crippen MR) is 76.5 cm³/mol. The fourth-order valence-corrected chi connectivity index (χ4v) is 2.68. The number of fused-ring (bicyclic) bond motifs is 1. The number of rotatable bonds is 5. The summed E-state index contributed by atoms with van der Waals surface area (Å²) in [5, 5.41) is 0. The van der Waals surface area contributed by atoms with Crippen LogP contribution < -0.4 is 9.64 Å². The van der Waals surface area contributed by atoms with Gasteiger partial charge in [0.25, 0.3) is 5.91 Å². The fourth-order valence-electron chi connectivity index (χ4n) is 2.06. The molecule has 1 unspecified atom stereocenters. The molecule has 1 aliphatic heterocycles. The van der Waals surface area contributed by atoms with Crippen molar-refractivity contribution in [3.05, 3.63) is 24.3 Å². The molecule has 1 aliphatic rings. The molecule has 1 aromatic carbocycles. The number of anilines is 1. The maximum atomic E-state index is 12.1. The van der Waals surface area contributed by atoms with E-state index < -0.39 is 0 Å². The first-order valence-electron chi connectivity index (χ1n) is 6.39. The molecule has 0 bridgehead atoms. The number of thioether (sulfide) groups is 1. The summed E-state index contributed by atoms with van der Waals surface area (Å²) in [6.07, 6.45) is 0.643. The van der Waals surface area contributed by atoms with Crippen LogP contribution in [0.2, 0.25) is 0 Å². The lowest BCUT2D eigenvalue weighted by atomic mass is 10.2. The number of hydrogen-bond acceptors (Lipinski definition) is 3. The van der Waals surface area contributed by atoms with Crippen molar-refractivity contribution in [1.82, 2.24) is 0 Å². The number of benzene rings is 1. The quantitative estimate of drug-likeness (QED) is 0.767. The molecule has 0 N–H and O–H groups in total. The molecule has 0 fully saturated rings. The van der Waals surface area contributed by atoms with Crippen molar-refractivity contribution in [1.29, 1.82) is 0 Å². The lowest BCUT2D eigenvalue weighted by Gasteiger charge is -2.32. The normalized spacial score (nSPS) is 18.4. The summed E-state index contributed by atoms with van der Waals surface area (Å²) in [6, 6.07) is 7.75. The van der Waals surface area contributed by atoms with Gasteiger partial charge in [0.05, 0.1) is 5.69 Å². The first-order valence-corrected chi connectivity index (χ1v) is 7.54. The molecule has 1 atom stereocenters. The number of amides is 1. The first-order chi connectivity index (χ1) is 8.74. The molecule has 0 aliphatic carbocycles. The maximum absolute atomic E-state index is 12.1. The number of hydrogen-bond donors (Lipinski definition) is 0. The van der Waals surface area contributed by atoms with Crippen molar-refractivity contribution in [3.63, 3.8) is 0 Å². The minimum Gasteiger partial charge on any atom is -0.479 e. The molecule has 1 aromatic rings. The lowest BCUT2D eigenvalue weighted by molar-refractivity contribution is -0.125. The Morgan fingerprint density at radius 3 is 2.94 bits per heavy atom. The van der Waals surface area contributed by atoms with Crippen LogP contribution in [0.3, 0.4) is 0 Å². The van der Waals surface area contributed by atoms with Gasteiger partial charge >= 0.3 is 0 Å². The lowest BCUT2D eigenvalue weighted by Crippen LogP contribution is -2.45. The van der Waals surface area contributed by atoms with Crippen molar-refractivity contribution in [2.45, 2.75) is 26.4 Å². The number of carbonyl (C=O) groups is 1. The van der Waals surface area contributed by atoms with Gasteiger partial charge in [-0.05, 0) is 37.0 Å². The largest absolute Gasteiger partial charge is 0.479 e. The molecule has 0 saturated carbocycles. The van der Waals surface area contributed by atoms with Crippen LogP contribution in [0.1, 0.15) is 20.3 Å². The number of carbonyl (C=O) groups excluding carboxylic acids is 1. The van der Waals surface area contributed by atoms with Gasteiger partial charge in [0, 0.05) is 6.54 Å². The van der Waals surface area contributed by atoms with Gasteiger partial charge in [-0.3, -0.25) is 4.79 Å². The van der Waals surface area contributed by atoms with Gasteiger partial charge in [-0.25, -0.2) is 0 Å². The highest BCUT2D eigenvalue weighted by Crippen LogP contribution is 2.33. The monoisotopic (exact) mass is 265 g/mol. The number of ether oxygens (including phenoxy) is 1. The fraction of sp³-hybridized carbons (Fsp3) is 0.500. The zero-order valence-electron chi connectivity index (χ0n) is 10.9. The van der Waals surface area contributed by atoms with Crippen molar-refractivity contribution in [3.8, 4) is 5.75 Å². The molecule has 0 radical (unpaired) electrons. The van der Waals surface area contributed by atoms with E-state index in [-0.39, 0.29) is 12.0 Å². The summed E-state index contributed by atoms with van der Waals surface area (Å²) in [7, 11) is 0. The van der Waals surface area contributed by atoms with E-state index in [1.165, 1.54) is 0 Å². The van der Waals surface area contributed by atoms with Gasteiger partial charge in [-0.15, -0.1) is 0 Å². The standard InChI is InChI=1S/C14H19NO2S/c1-3-18-10-6-9-15-12-7-4-5-8-13(12)17-11(2)14(15)16/h4-5,7-8,11H,3,6,9-10H2,1-2H3. The van der Waals surface area contributed by atoms with Gasteiger partial charge in [0.2, 0.25) is 0 Å². The Morgan fingerprint density at radius 1 is 1.39 bits per heavy atom. The van der Waals surface area contributed by atoms with Crippen LogP contribution in [-0.2, 0) is 4.79 Å².